The molecule has 2 aliphatic rings. The summed E-state index contributed by atoms with van der Waals surface area (Å²) in [7, 11) is 0. The number of fused-ring (bicyclic) bond motifs is 1. The van der Waals surface area contributed by atoms with Crippen molar-refractivity contribution >= 4 is 0 Å². The fraction of sp³-hybridized carbons (Fsp3) is 0.647. The Hall–Kier alpha value is -1.29. The van der Waals surface area contributed by atoms with Gasteiger partial charge in [-0.3, -0.25) is 4.39 Å². The van der Waals surface area contributed by atoms with Crippen LogP contribution in [0.2, 0.25) is 0 Å². The van der Waals surface area contributed by atoms with Crippen LogP contribution in [-0.4, -0.2) is 26.3 Å². The van der Waals surface area contributed by atoms with Crippen molar-refractivity contribution in [3.63, 3.8) is 0 Å². The summed E-state index contributed by atoms with van der Waals surface area (Å²) in [5, 5.41) is 6.83. The second kappa shape index (κ2) is 8.23. The molecule has 1 aliphatic heterocycles. The van der Waals surface area contributed by atoms with Crippen LogP contribution in [0.25, 0.3) is 0 Å². The Morgan fingerprint density at radius 3 is 2.95 bits per heavy atom. The fourth-order valence-corrected chi connectivity index (χ4v) is 3.10. The Kier molecular flexibility index (Phi) is 6.30. The van der Waals surface area contributed by atoms with Crippen molar-refractivity contribution in [2.45, 2.75) is 38.5 Å². The zero-order valence-corrected chi connectivity index (χ0v) is 12.9. The highest BCUT2D eigenvalue weighted by Gasteiger charge is 2.20. The quantitative estimate of drug-likeness (QED) is 0.747. The lowest BCUT2D eigenvalue weighted by atomic mass is 10.0. The molecule has 0 spiro atoms. The van der Waals surface area contributed by atoms with Crippen LogP contribution in [0.4, 0.5) is 4.39 Å². The van der Waals surface area contributed by atoms with Gasteiger partial charge in [-0.25, -0.2) is 0 Å². The second-order valence-electron chi connectivity index (χ2n) is 6.01. The van der Waals surface area contributed by atoms with E-state index in [1.165, 1.54) is 23.3 Å². The highest BCUT2D eigenvalue weighted by atomic mass is 19.1. The maximum atomic E-state index is 13.1. The number of nitrogens with two attached hydrogens (primary N) is 1. The molecule has 118 valence electrons. The molecule has 1 fully saturated rings. The monoisotopic (exact) mass is 293 g/mol. The highest BCUT2D eigenvalue weighted by molar-refractivity contribution is 5.42. The standard InChI is InChI=1S/C17H28FN3/c1-13-10-15-4-2-5-16(15)17(6-3-8-19)21-12-14(11-18)7-9-20-13/h10,14,20-21H,1-9,11-12,19H2/b15-10-,17-16+. The number of halogens is 1. The molecule has 0 saturated heterocycles. The zero-order chi connectivity index (χ0) is 15.1. The second-order valence-corrected chi connectivity index (χ2v) is 6.01. The van der Waals surface area contributed by atoms with Crippen LogP contribution in [0.3, 0.4) is 0 Å². The maximum absolute atomic E-state index is 13.1. The molecular formula is C17H28FN3. The molecule has 4 heteroatoms. The third kappa shape index (κ3) is 4.60. The summed E-state index contributed by atoms with van der Waals surface area (Å²) in [4.78, 5) is 0. The van der Waals surface area contributed by atoms with E-state index >= 15 is 0 Å². The minimum absolute atomic E-state index is 0.0572. The van der Waals surface area contributed by atoms with Crippen LogP contribution in [0.15, 0.2) is 35.2 Å². The number of hydrogen-bond donors (Lipinski definition) is 3. The molecule has 0 aromatic carbocycles. The van der Waals surface area contributed by atoms with Crippen molar-refractivity contribution in [1.29, 1.82) is 0 Å². The van der Waals surface area contributed by atoms with Crippen molar-refractivity contribution < 1.29 is 4.39 Å². The molecule has 1 atom stereocenters. The van der Waals surface area contributed by atoms with E-state index in [1.54, 1.807) is 0 Å². The summed E-state index contributed by atoms with van der Waals surface area (Å²) in [6, 6.07) is 0. The summed E-state index contributed by atoms with van der Waals surface area (Å²) < 4.78 is 13.1. The van der Waals surface area contributed by atoms with Gasteiger partial charge in [0.15, 0.2) is 0 Å². The summed E-state index contributed by atoms with van der Waals surface area (Å²) in [6.45, 7) is 5.98. The van der Waals surface area contributed by atoms with Crippen molar-refractivity contribution in [1.82, 2.24) is 10.6 Å². The van der Waals surface area contributed by atoms with Gasteiger partial charge in [0, 0.05) is 30.4 Å². The first-order chi connectivity index (χ1) is 10.2. The highest BCUT2D eigenvalue weighted by Crippen LogP contribution is 2.34. The van der Waals surface area contributed by atoms with Gasteiger partial charge in [0.05, 0.1) is 6.67 Å². The van der Waals surface area contributed by atoms with Gasteiger partial charge in [-0.05, 0) is 62.3 Å². The zero-order valence-electron chi connectivity index (χ0n) is 12.9. The molecule has 0 bridgehead atoms. The molecule has 0 radical (unpaired) electrons. The van der Waals surface area contributed by atoms with Gasteiger partial charge in [-0.1, -0.05) is 6.58 Å². The van der Waals surface area contributed by atoms with Gasteiger partial charge in [0.2, 0.25) is 0 Å². The van der Waals surface area contributed by atoms with Crippen molar-refractivity contribution in [3.05, 3.63) is 35.2 Å². The van der Waals surface area contributed by atoms with Crippen LogP contribution in [0.1, 0.15) is 38.5 Å². The van der Waals surface area contributed by atoms with Gasteiger partial charge in [0.1, 0.15) is 0 Å². The topological polar surface area (TPSA) is 50.1 Å². The van der Waals surface area contributed by atoms with E-state index in [2.05, 4.69) is 23.3 Å². The van der Waals surface area contributed by atoms with Crippen molar-refractivity contribution in [2.24, 2.45) is 11.7 Å². The average Bonchev–Trinajstić information content (AvgIpc) is 2.92. The number of rotatable bonds is 4. The summed E-state index contributed by atoms with van der Waals surface area (Å²) in [6.07, 6.45) is 8.32. The smallest absolute Gasteiger partial charge is 0.0940 e. The minimum Gasteiger partial charge on any atom is -0.388 e. The van der Waals surface area contributed by atoms with E-state index in [9.17, 15) is 4.39 Å². The molecule has 2 rings (SSSR count). The Morgan fingerprint density at radius 1 is 1.33 bits per heavy atom. The first kappa shape index (κ1) is 16.1. The Bertz CT molecular complexity index is 426. The number of allylic oxidation sites excluding steroid dienone is 4. The SMILES string of the molecule is C=C1/C=C2/CCC/C2=C(/CCCN)NCC(CF)CCN1. The Labute approximate surface area is 127 Å². The lowest BCUT2D eigenvalue weighted by molar-refractivity contribution is 0.335. The van der Waals surface area contributed by atoms with E-state index in [4.69, 9.17) is 5.73 Å². The van der Waals surface area contributed by atoms with Crippen molar-refractivity contribution in [3.8, 4) is 0 Å². The molecular weight excluding hydrogens is 265 g/mol. The molecule has 0 aromatic rings. The van der Waals surface area contributed by atoms with Gasteiger partial charge in [-0.15, -0.1) is 0 Å². The number of hydrogen-bond acceptors (Lipinski definition) is 3. The summed E-state index contributed by atoms with van der Waals surface area (Å²) >= 11 is 0. The lowest BCUT2D eigenvalue weighted by Gasteiger charge is -2.19. The molecule has 21 heavy (non-hydrogen) atoms. The predicted octanol–water partition coefficient (Wildman–Crippen LogP) is 2.77. The molecule has 4 N–H and O–H groups in total. The molecule has 1 saturated carbocycles. The van der Waals surface area contributed by atoms with Gasteiger partial charge in [0.25, 0.3) is 0 Å². The molecule has 1 aliphatic carbocycles. The fourth-order valence-electron chi connectivity index (χ4n) is 3.10. The average molecular weight is 293 g/mol. The lowest BCUT2D eigenvalue weighted by Crippen LogP contribution is -2.27. The number of alkyl halides is 1. The van der Waals surface area contributed by atoms with Crippen LogP contribution >= 0.6 is 0 Å². The van der Waals surface area contributed by atoms with Gasteiger partial charge in [-0.2, -0.15) is 0 Å². The molecule has 3 nitrogen and oxygen atoms in total. The van der Waals surface area contributed by atoms with Crippen LogP contribution in [0, 0.1) is 5.92 Å². The third-order valence-electron chi connectivity index (χ3n) is 4.33. The van der Waals surface area contributed by atoms with E-state index in [1.807, 2.05) is 0 Å². The first-order valence-electron chi connectivity index (χ1n) is 8.10. The first-order valence-corrected chi connectivity index (χ1v) is 8.10. The van der Waals surface area contributed by atoms with E-state index in [-0.39, 0.29) is 12.6 Å². The molecule has 0 aromatic heterocycles. The third-order valence-corrected chi connectivity index (χ3v) is 4.33. The largest absolute Gasteiger partial charge is 0.388 e. The minimum atomic E-state index is -0.277. The summed E-state index contributed by atoms with van der Waals surface area (Å²) in [5.41, 5.74) is 10.7. The van der Waals surface area contributed by atoms with E-state index in [0.717, 1.165) is 44.3 Å². The summed E-state index contributed by atoms with van der Waals surface area (Å²) in [5.74, 6) is 0.0572. The molecule has 0 amide bonds. The van der Waals surface area contributed by atoms with Gasteiger partial charge >= 0.3 is 0 Å². The van der Waals surface area contributed by atoms with Crippen LogP contribution < -0.4 is 16.4 Å². The Morgan fingerprint density at radius 2 is 2.19 bits per heavy atom. The van der Waals surface area contributed by atoms with E-state index < -0.39 is 0 Å². The van der Waals surface area contributed by atoms with Crippen LogP contribution in [0.5, 0.6) is 0 Å². The van der Waals surface area contributed by atoms with Gasteiger partial charge < -0.3 is 16.4 Å². The number of nitrogens with one attached hydrogen (secondary N) is 2. The van der Waals surface area contributed by atoms with Crippen molar-refractivity contribution in [2.75, 3.05) is 26.3 Å². The maximum Gasteiger partial charge on any atom is 0.0940 e. The molecule has 1 unspecified atom stereocenters. The molecule has 1 heterocycles. The predicted molar refractivity (Wildman–Crippen MR) is 86.5 cm³/mol. The van der Waals surface area contributed by atoms with E-state index in [0.29, 0.717) is 13.1 Å². The normalized spacial score (nSPS) is 29.7. The van der Waals surface area contributed by atoms with Crippen LogP contribution in [-0.2, 0) is 0 Å². The Balaban J connectivity index is 2.24.